The largest absolute Gasteiger partial charge is 0.370 e. The molecular formula is C50H50N10O4S2. The average molecular weight is 919 g/mol. The van der Waals surface area contributed by atoms with Crippen LogP contribution in [0.5, 0.6) is 0 Å². The van der Waals surface area contributed by atoms with Gasteiger partial charge in [-0.3, -0.25) is 0 Å². The summed E-state index contributed by atoms with van der Waals surface area (Å²) in [5, 5.41) is 6.68. The van der Waals surface area contributed by atoms with E-state index in [1.54, 1.807) is 26.6 Å². The number of nitrogens with one attached hydrogen (secondary N) is 2. The first kappa shape index (κ1) is 44.5. The summed E-state index contributed by atoms with van der Waals surface area (Å²) in [6.45, 7) is 3.94. The van der Waals surface area contributed by atoms with Gasteiger partial charge in [0, 0.05) is 85.1 Å². The van der Waals surface area contributed by atoms with Crippen molar-refractivity contribution in [2.24, 2.45) is 0 Å². The van der Waals surface area contributed by atoms with Gasteiger partial charge < -0.3 is 29.2 Å². The molecule has 16 heteroatoms. The van der Waals surface area contributed by atoms with Crippen LogP contribution in [0.2, 0.25) is 0 Å². The summed E-state index contributed by atoms with van der Waals surface area (Å²) in [7, 11) is 0.139. The molecule has 0 fully saturated rings. The molecule has 2 aliphatic heterocycles. The SMILES string of the molecule is COC(c1ccccc1)c1nc(Nc2ccc(-n3ccnc3C)cc2)nc2c1CS(=O)(=O)CC2.COC(c1ccccc1)c1nc(Nc2ccc(-n3ccnc3C)cc2)nc2c1CSCC2. The predicted octanol–water partition coefficient (Wildman–Crippen LogP) is 9.16. The van der Waals surface area contributed by atoms with Crippen molar-refractivity contribution in [3.8, 4) is 11.4 Å². The fourth-order valence-electron chi connectivity index (χ4n) is 8.30. The van der Waals surface area contributed by atoms with Crippen LogP contribution in [0.3, 0.4) is 0 Å². The summed E-state index contributed by atoms with van der Waals surface area (Å²) < 4.78 is 40.6. The molecule has 10 rings (SSSR count). The number of aryl methyl sites for hydroxylation is 4. The third-order valence-electron chi connectivity index (χ3n) is 11.6. The molecule has 0 spiro atoms. The molecule has 2 unspecified atom stereocenters. The molecular weight excluding hydrogens is 869 g/mol. The number of ether oxygens (including phenoxy) is 2. The molecule has 14 nitrogen and oxygen atoms in total. The minimum Gasteiger partial charge on any atom is -0.370 e. The molecule has 0 radical (unpaired) electrons. The normalized spacial score (nSPS) is 14.8. The molecule has 6 heterocycles. The van der Waals surface area contributed by atoms with Gasteiger partial charge in [0.05, 0.1) is 34.3 Å². The summed E-state index contributed by atoms with van der Waals surface area (Å²) in [6.07, 6.45) is 8.02. The van der Waals surface area contributed by atoms with E-state index in [2.05, 4.69) is 54.4 Å². The lowest BCUT2D eigenvalue weighted by Gasteiger charge is -2.24. The molecule has 8 aromatic rings. The van der Waals surface area contributed by atoms with Crippen LogP contribution < -0.4 is 10.6 Å². The summed E-state index contributed by atoms with van der Waals surface area (Å²) in [6, 6.07) is 36.0. The Morgan fingerprint density at radius 2 is 1.08 bits per heavy atom. The lowest BCUT2D eigenvalue weighted by molar-refractivity contribution is 0.132. The molecule has 0 amide bonds. The van der Waals surface area contributed by atoms with E-state index in [4.69, 9.17) is 24.4 Å². The van der Waals surface area contributed by atoms with Crippen LogP contribution in [-0.2, 0) is 43.7 Å². The highest BCUT2D eigenvalue weighted by Gasteiger charge is 2.31. The first-order valence-electron chi connectivity index (χ1n) is 21.6. The lowest BCUT2D eigenvalue weighted by Crippen LogP contribution is -2.24. The molecule has 0 saturated heterocycles. The fourth-order valence-corrected chi connectivity index (χ4v) is 10.7. The van der Waals surface area contributed by atoms with Gasteiger partial charge in [-0.25, -0.2) is 38.3 Å². The Kier molecular flexibility index (Phi) is 13.3. The maximum Gasteiger partial charge on any atom is 0.227 e. The number of fused-ring (bicyclic) bond motifs is 2. The molecule has 0 saturated carbocycles. The summed E-state index contributed by atoms with van der Waals surface area (Å²) in [5.74, 6) is 4.87. The smallest absolute Gasteiger partial charge is 0.227 e. The van der Waals surface area contributed by atoms with Gasteiger partial charge in [0.15, 0.2) is 9.84 Å². The fraction of sp³-hybridized carbons (Fsp3) is 0.240. The number of sulfone groups is 1. The van der Waals surface area contributed by atoms with Crippen LogP contribution >= 0.6 is 11.8 Å². The van der Waals surface area contributed by atoms with Gasteiger partial charge in [-0.1, -0.05) is 60.7 Å². The Balaban J connectivity index is 0.000000166. The first-order chi connectivity index (χ1) is 32.2. The van der Waals surface area contributed by atoms with Gasteiger partial charge in [0.1, 0.15) is 23.9 Å². The zero-order chi connectivity index (χ0) is 45.6. The van der Waals surface area contributed by atoms with Crippen molar-refractivity contribution in [1.29, 1.82) is 0 Å². The highest BCUT2D eigenvalue weighted by atomic mass is 32.2. The number of thioether (sulfide) groups is 1. The Morgan fingerprint density at radius 3 is 1.53 bits per heavy atom. The van der Waals surface area contributed by atoms with Crippen molar-refractivity contribution in [1.82, 2.24) is 39.0 Å². The van der Waals surface area contributed by atoms with Gasteiger partial charge in [-0.15, -0.1) is 0 Å². The van der Waals surface area contributed by atoms with Gasteiger partial charge in [0.25, 0.3) is 0 Å². The zero-order valence-electron chi connectivity index (χ0n) is 37.1. The van der Waals surface area contributed by atoms with Gasteiger partial charge >= 0.3 is 0 Å². The lowest BCUT2D eigenvalue weighted by atomic mass is 10.0. The summed E-state index contributed by atoms with van der Waals surface area (Å²) in [4.78, 5) is 27.8. The molecule has 2 aliphatic rings. The van der Waals surface area contributed by atoms with E-state index in [1.807, 2.05) is 127 Å². The number of imidazole rings is 2. The number of aromatic nitrogens is 8. The number of anilines is 4. The minimum absolute atomic E-state index is 0.0798. The van der Waals surface area contributed by atoms with Crippen LogP contribution in [0.25, 0.3) is 11.4 Å². The molecule has 0 aliphatic carbocycles. The first-order valence-corrected chi connectivity index (χ1v) is 24.6. The minimum atomic E-state index is -3.21. The molecule has 4 aromatic heterocycles. The Morgan fingerprint density at radius 1 is 0.606 bits per heavy atom. The molecule has 2 atom stereocenters. The molecule has 0 bridgehead atoms. The second-order valence-electron chi connectivity index (χ2n) is 15.9. The number of nitrogens with zero attached hydrogens (tertiary/aromatic N) is 8. The Labute approximate surface area is 388 Å². The van der Waals surface area contributed by atoms with Crippen LogP contribution in [0.15, 0.2) is 134 Å². The summed E-state index contributed by atoms with van der Waals surface area (Å²) >= 11 is 1.92. The number of hydrogen-bond acceptors (Lipinski definition) is 13. The van der Waals surface area contributed by atoms with Gasteiger partial charge in [-0.2, -0.15) is 11.8 Å². The van der Waals surface area contributed by atoms with E-state index >= 15 is 0 Å². The van der Waals surface area contributed by atoms with E-state index in [9.17, 15) is 8.42 Å². The number of rotatable bonds is 12. The van der Waals surface area contributed by atoms with Crippen LogP contribution in [0.4, 0.5) is 23.3 Å². The van der Waals surface area contributed by atoms with E-state index in [1.165, 1.54) is 5.56 Å². The van der Waals surface area contributed by atoms with E-state index in [-0.39, 0.29) is 17.6 Å². The number of methoxy groups -OCH3 is 2. The van der Waals surface area contributed by atoms with Gasteiger partial charge in [-0.05, 0) is 85.7 Å². The molecule has 4 aromatic carbocycles. The average Bonchev–Trinajstić information content (AvgIpc) is 3.98. The van der Waals surface area contributed by atoms with Crippen molar-refractivity contribution in [3.05, 3.63) is 191 Å². The quantitative estimate of drug-likeness (QED) is 0.119. The molecule has 2 N–H and O–H groups in total. The predicted molar refractivity (Wildman–Crippen MR) is 259 cm³/mol. The second-order valence-corrected chi connectivity index (χ2v) is 19.2. The van der Waals surface area contributed by atoms with E-state index < -0.39 is 15.9 Å². The van der Waals surface area contributed by atoms with Crippen molar-refractivity contribution in [2.75, 3.05) is 36.4 Å². The van der Waals surface area contributed by atoms with Gasteiger partial charge in [0.2, 0.25) is 11.9 Å². The third kappa shape index (κ3) is 9.91. The standard InChI is InChI=1S/C25H25N5O3S.C25H25N5OS/c1-17-26-13-14-30(17)20-10-8-19(9-11-20)27-25-28-22-12-15-34(31,32)16-21(22)23(29-25)24(33-2)18-6-4-3-5-7-18;1-17-26-13-14-30(17)20-10-8-19(9-11-20)27-25-28-22-12-15-32-16-21(22)23(29-25)24(31-2)18-6-4-3-5-7-18/h3-11,13-14,24H,12,15-16H2,1-2H3,(H,27,28,29);3-11,13-14,24H,12,15-16H2,1-2H3,(H,27,28,29). The highest BCUT2D eigenvalue weighted by molar-refractivity contribution is 7.98. The molecule has 336 valence electrons. The number of benzene rings is 4. The second kappa shape index (κ2) is 19.8. The Hall–Kier alpha value is -6.72. The van der Waals surface area contributed by atoms with Crippen LogP contribution in [-0.4, -0.2) is 73.2 Å². The Bertz CT molecular complexity index is 3040. The van der Waals surface area contributed by atoms with Crippen LogP contribution in [0.1, 0.15) is 68.9 Å². The third-order valence-corrected chi connectivity index (χ3v) is 14.2. The maximum atomic E-state index is 12.4. The molecule has 66 heavy (non-hydrogen) atoms. The number of hydrogen-bond donors (Lipinski definition) is 2. The van der Waals surface area contributed by atoms with Crippen molar-refractivity contribution < 1.29 is 17.9 Å². The maximum absolute atomic E-state index is 12.4. The summed E-state index contributed by atoms with van der Waals surface area (Å²) in [5.41, 5.74) is 11.1. The van der Waals surface area contributed by atoms with E-state index in [0.29, 0.717) is 29.6 Å². The van der Waals surface area contributed by atoms with Crippen LogP contribution in [0, 0.1) is 13.8 Å². The zero-order valence-corrected chi connectivity index (χ0v) is 38.8. The monoisotopic (exact) mass is 918 g/mol. The topological polar surface area (TPSA) is 164 Å². The van der Waals surface area contributed by atoms with Crippen molar-refractivity contribution in [2.45, 2.75) is 50.4 Å². The highest BCUT2D eigenvalue weighted by Crippen LogP contribution is 2.36. The van der Waals surface area contributed by atoms with E-state index in [0.717, 1.165) is 80.5 Å². The van der Waals surface area contributed by atoms with Crippen molar-refractivity contribution >= 4 is 44.9 Å². The van der Waals surface area contributed by atoms with Crippen molar-refractivity contribution in [3.63, 3.8) is 0 Å².